The van der Waals surface area contributed by atoms with Gasteiger partial charge in [-0.15, -0.1) is 10.2 Å². The van der Waals surface area contributed by atoms with Gasteiger partial charge in [-0.25, -0.2) is 4.98 Å². The molecule has 126 valence electrons. The molecule has 0 amide bonds. The van der Waals surface area contributed by atoms with Crippen molar-refractivity contribution in [2.45, 2.75) is 31.8 Å². The molecule has 8 nitrogen and oxygen atoms in total. The molecule has 1 aliphatic heterocycles. The molecule has 0 aliphatic carbocycles. The molecule has 1 fully saturated rings. The lowest BCUT2D eigenvalue weighted by Gasteiger charge is -2.31. The van der Waals surface area contributed by atoms with E-state index in [1.54, 1.807) is 12.5 Å². The maximum Gasteiger partial charge on any atom is 0.154 e. The fraction of sp³-hybridized carbons (Fsp3) is 0.500. The average molecular weight is 326 g/mol. The Morgan fingerprint density at radius 2 is 2.25 bits per heavy atom. The second-order valence-corrected chi connectivity index (χ2v) is 6.39. The molecule has 4 rings (SSSR count). The highest BCUT2D eigenvalue weighted by atomic mass is 15.3. The van der Waals surface area contributed by atoms with Crippen LogP contribution in [0.4, 0.5) is 0 Å². The van der Waals surface area contributed by atoms with Gasteiger partial charge in [0.15, 0.2) is 5.82 Å². The molecule has 24 heavy (non-hydrogen) atoms. The number of hydrogen-bond acceptors (Lipinski definition) is 5. The lowest BCUT2D eigenvalue weighted by atomic mass is 9.97. The van der Waals surface area contributed by atoms with Crippen LogP contribution < -0.4 is 0 Å². The van der Waals surface area contributed by atoms with Crippen molar-refractivity contribution in [3.63, 3.8) is 0 Å². The Hall–Kier alpha value is -2.48. The Morgan fingerprint density at radius 3 is 3.04 bits per heavy atom. The first kappa shape index (κ1) is 15.1. The number of rotatable bonds is 5. The van der Waals surface area contributed by atoms with E-state index in [0.29, 0.717) is 12.5 Å². The minimum atomic E-state index is 0.422. The minimum absolute atomic E-state index is 0.422. The van der Waals surface area contributed by atoms with Gasteiger partial charge in [0.1, 0.15) is 12.4 Å². The lowest BCUT2D eigenvalue weighted by Crippen LogP contribution is -2.35. The zero-order valence-corrected chi connectivity index (χ0v) is 13.8. The maximum atomic E-state index is 4.48. The van der Waals surface area contributed by atoms with E-state index in [4.69, 9.17) is 0 Å². The number of hydrogen-bond donors (Lipinski definition) is 1. The van der Waals surface area contributed by atoms with Gasteiger partial charge in [0, 0.05) is 50.3 Å². The third-order valence-corrected chi connectivity index (χ3v) is 4.68. The van der Waals surface area contributed by atoms with Crippen LogP contribution in [0.1, 0.15) is 36.1 Å². The molecule has 0 saturated carbocycles. The first-order valence-electron chi connectivity index (χ1n) is 8.35. The van der Waals surface area contributed by atoms with E-state index in [9.17, 15) is 0 Å². The molecule has 1 aliphatic rings. The first-order valence-corrected chi connectivity index (χ1v) is 8.35. The van der Waals surface area contributed by atoms with Crippen molar-refractivity contribution in [3.05, 3.63) is 48.3 Å². The van der Waals surface area contributed by atoms with Crippen LogP contribution in [0.5, 0.6) is 0 Å². The summed E-state index contributed by atoms with van der Waals surface area (Å²) in [5.41, 5.74) is 1.16. The molecular weight excluding hydrogens is 304 g/mol. The first-order chi connectivity index (χ1) is 11.8. The van der Waals surface area contributed by atoms with Crippen LogP contribution >= 0.6 is 0 Å². The van der Waals surface area contributed by atoms with Gasteiger partial charge in [-0.05, 0) is 25.5 Å². The predicted molar refractivity (Wildman–Crippen MR) is 88.2 cm³/mol. The summed E-state index contributed by atoms with van der Waals surface area (Å²) in [7, 11) is 2.06. The van der Waals surface area contributed by atoms with Gasteiger partial charge in [-0.1, -0.05) is 0 Å². The number of likely N-dealkylation sites (tertiary alicyclic amines) is 1. The SMILES string of the molecule is Cn1c(Cn2cccn2)nnc1[C@@H]1CCCN(Cc2cnc[nH]2)C1. The van der Waals surface area contributed by atoms with Crippen LogP contribution in [-0.4, -0.2) is 52.5 Å². The largest absolute Gasteiger partial charge is 0.347 e. The molecule has 3 aromatic heterocycles. The lowest BCUT2D eigenvalue weighted by molar-refractivity contribution is 0.193. The number of piperidine rings is 1. The van der Waals surface area contributed by atoms with E-state index in [0.717, 1.165) is 43.4 Å². The Kier molecular flexibility index (Phi) is 4.12. The molecule has 0 unspecified atom stereocenters. The van der Waals surface area contributed by atoms with Crippen molar-refractivity contribution in [1.82, 2.24) is 39.4 Å². The highest BCUT2D eigenvalue weighted by Gasteiger charge is 2.26. The van der Waals surface area contributed by atoms with Crippen molar-refractivity contribution in [1.29, 1.82) is 0 Å². The standard InChI is InChI=1S/C16H22N8/c1-22-15(11-24-7-3-5-19-24)20-21-16(22)13-4-2-6-23(9-13)10-14-8-17-12-18-14/h3,5,7-8,12-13H,2,4,6,9-11H2,1H3,(H,17,18)/t13-/m1/s1. The number of imidazole rings is 1. The van der Waals surface area contributed by atoms with Gasteiger partial charge < -0.3 is 9.55 Å². The number of aromatic amines is 1. The van der Waals surface area contributed by atoms with Crippen LogP contribution in [-0.2, 0) is 20.1 Å². The molecular formula is C16H22N8. The Labute approximate surface area is 140 Å². The highest BCUT2D eigenvalue weighted by molar-refractivity contribution is 5.05. The Bertz CT molecular complexity index is 758. The van der Waals surface area contributed by atoms with Gasteiger partial charge in [0.05, 0.1) is 6.33 Å². The topological polar surface area (TPSA) is 80.4 Å². The van der Waals surface area contributed by atoms with Crippen molar-refractivity contribution >= 4 is 0 Å². The van der Waals surface area contributed by atoms with E-state index in [1.807, 2.05) is 23.1 Å². The molecule has 0 bridgehead atoms. The summed E-state index contributed by atoms with van der Waals surface area (Å²) in [4.78, 5) is 9.75. The zero-order valence-electron chi connectivity index (χ0n) is 13.8. The van der Waals surface area contributed by atoms with Gasteiger partial charge >= 0.3 is 0 Å². The van der Waals surface area contributed by atoms with Crippen LogP contribution in [0.2, 0.25) is 0 Å². The molecule has 0 radical (unpaired) electrons. The average Bonchev–Trinajstić information content (AvgIpc) is 3.33. The van der Waals surface area contributed by atoms with Crippen LogP contribution in [0, 0.1) is 0 Å². The summed E-state index contributed by atoms with van der Waals surface area (Å²) >= 11 is 0. The van der Waals surface area contributed by atoms with Crippen molar-refractivity contribution in [2.75, 3.05) is 13.1 Å². The quantitative estimate of drug-likeness (QED) is 0.761. The molecule has 0 aromatic carbocycles. The van der Waals surface area contributed by atoms with Crippen LogP contribution in [0.15, 0.2) is 31.0 Å². The number of nitrogens with zero attached hydrogens (tertiary/aromatic N) is 7. The smallest absolute Gasteiger partial charge is 0.154 e. The summed E-state index contributed by atoms with van der Waals surface area (Å²) in [6.45, 7) is 3.69. The van der Waals surface area contributed by atoms with Gasteiger partial charge in [0.2, 0.25) is 0 Å². The van der Waals surface area contributed by atoms with E-state index < -0.39 is 0 Å². The Morgan fingerprint density at radius 1 is 1.29 bits per heavy atom. The van der Waals surface area contributed by atoms with Crippen molar-refractivity contribution in [3.8, 4) is 0 Å². The van der Waals surface area contributed by atoms with Crippen molar-refractivity contribution < 1.29 is 0 Å². The van der Waals surface area contributed by atoms with Gasteiger partial charge in [-0.3, -0.25) is 9.58 Å². The van der Waals surface area contributed by atoms with Gasteiger partial charge in [0.25, 0.3) is 0 Å². The van der Waals surface area contributed by atoms with E-state index >= 15 is 0 Å². The third kappa shape index (κ3) is 3.09. The number of nitrogens with one attached hydrogen (secondary N) is 1. The molecule has 4 heterocycles. The third-order valence-electron chi connectivity index (χ3n) is 4.68. The van der Waals surface area contributed by atoms with E-state index in [-0.39, 0.29) is 0 Å². The minimum Gasteiger partial charge on any atom is -0.347 e. The summed E-state index contributed by atoms with van der Waals surface area (Å²) < 4.78 is 4.01. The van der Waals surface area contributed by atoms with Crippen LogP contribution in [0.25, 0.3) is 0 Å². The number of H-pyrrole nitrogens is 1. The summed E-state index contributed by atoms with van der Waals surface area (Å²) in [5.74, 6) is 2.44. The zero-order chi connectivity index (χ0) is 16.4. The van der Waals surface area contributed by atoms with Gasteiger partial charge in [-0.2, -0.15) is 5.10 Å². The second kappa shape index (κ2) is 6.56. The highest BCUT2D eigenvalue weighted by Crippen LogP contribution is 2.26. The summed E-state index contributed by atoms with van der Waals surface area (Å²) in [5, 5.41) is 13.1. The molecule has 0 spiro atoms. The molecule has 1 atom stereocenters. The van der Waals surface area contributed by atoms with E-state index in [1.165, 1.54) is 6.42 Å². The molecule has 1 saturated heterocycles. The normalized spacial score (nSPS) is 19.0. The predicted octanol–water partition coefficient (Wildman–Crippen LogP) is 1.16. The number of aromatic nitrogens is 7. The fourth-order valence-electron chi connectivity index (χ4n) is 3.43. The van der Waals surface area contributed by atoms with E-state index in [2.05, 4.69) is 41.8 Å². The molecule has 3 aromatic rings. The Balaban J connectivity index is 1.46. The maximum absolute atomic E-state index is 4.48. The summed E-state index contributed by atoms with van der Waals surface area (Å²) in [6.07, 6.45) is 9.70. The molecule has 8 heteroatoms. The van der Waals surface area contributed by atoms with Crippen molar-refractivity contribution in [2.24, 2.45) is 7.05 Å². The molecule has 1 N–H and O–H groups in total. The summed E-state index contributed by atoms with van der Waals surface area (Å²) in [6, 6.07) is 1.92. The second-order valence-electron chi connectivity index (χ2n) is 6.39. The van der Waals surface area contributed by atoms with Crippen LogP contribution in [0.3, 0.4) is 0 Å². The monoisotopic (exact) mass is 326 g/mol. The fourth-order valence-corrected chi connectivity index (χ4v) is 3.43.